The lowest BCUT2D eigenvalue weighted by Crippen LogP contribution is -2.43. The van der Waals surface area contributed by atoms with E-state index < -0.39 is 10.0 Å². The van der Waals surface area contributed by atoms with Crippen LogP contribution < -0.4 is 5.32 Å². The number of nitriles is 1. The SMILES string of the molecule is CN(C1CCNCC1)S(=O)(=O)c1ccc(C#N)cc1Cl. The molecule has 0 amide bonds. The zero-order chi connectivity index (χ0) is 14.8. The van der Waals surface area contributed by atoms with Gasteiger partial charge in [0, 0.05) is 13.1 Å². The Balaban J connectivity index is 2.32. The van der Waals surface area contributed by atoms with Crippen LogP contribution in [0.25, 0.3) is 0 Å². The van der Waals surface area contributed by atoms with Crippen molar-refractivity contribution in [3.05, 3.63) is 28.8 Å². The molecule has 0 radical (unpaired) electrons. The Bertz CT molecular complexity index is 634. The lowest BCUT2D eigenvalue weighted by molar-refractivity contribution is 0.296. The van der Waals surface area contributed by atoms with Crippen molar-refractivity contribution in [1.82, 2.24) is 9.62 Å². The molecule has 20 heavy (non-hydrogen) atoms. The number of benzene rings is 1. The molecular formula is C13H16ClN3O2S. The fourth-order valence-corrected chi connectivity index (χ4v) is 4.23. The minimum atomic E-state index is -3.63. The maximum atomic E-state index is 12.6. The Labute approximate surface area is 124 Å². The van der Waals surface area contributed by atoms with Crippen LogP contribution in [0.4, 0.5) is 0 Å². The Hall–Kier alpha value is -1.13. The van der Waals surface area contributed by atoms with Crippen LogP contribution in [0.5, 0.6) is 0 Å². The van der Waals surface area contributed by atoms with Crippen LogP contribution in [-0.4, -0.2) is 38.9 Å². The summed E-state index contributed by atoms with van der Waals surface area (Å²) in [5.41, 5.74) is 0.346. The molecule has 0 aromatic heterocycles. The first-order chi connectivity index (χ1) is 9.46. The first-order valence-corrected chi connectivity index (χ1v) is 8.17. The summed E-state index contributed by atoms with van der Waals surface area (Å²) in [7, 11) is -2.05. The topological polar surface area (TPSA) is 73.2 Å². The summed E-state index contributed by atoms with van der Waals surface area (Å²) < 4.78 is 26.6. The van der Waals surface area contributed by atoms with Crippen molar-refractivity contribution in [3.63, 3.8) is 0 Å². The summed E-state index contributed by atoms with van der Waals surface area (Å²) in [5, 5.41) is 12.1. The molecular weight excluding hydrogens is 298 g/mol. The highest BCUT2D eigenvalue weighted by Gasteiger charge is 2.30. The van der Waals surface area contributed by atoms with Crippen LogP contribution in [0, 0.1) is 11.3 Å². The minimum Gasteiger partial charge on any atom is -0.317 e. The molecule has 108 valence electrons. The largest absolute Gasteiger partial charge is 0.317 e. The molecule has 2 rings (SSSR count). The fraction of sp³-hybridized carbons (Fsp3) is 0.462. The summed E-state index contributed by atoms with van der Waals surface area (Å²) in [6.07, 6.45) is 1.56. The van der Waals surface area contributed by atoms with Gasteiger partial charge in [0.2, 0.25) is 10.0 Å². The number of hydrogen-bond acceptors (Lipinski definition) is 4. The zero-order valence-corrected chi connectivity index (χ0v) is 12.7. The predicted molar refractivity (Wildman–Crippen MR) is 77.0 cm³/mol. The molecule has 5 nitrogen and oxygen atoms in total. The Morgan fingerprint density at radius 1 is 1.40 bits per heavy atom. The lowest BCUT2D eigenvalue weighted by Gasteiger charge is -2.31. The summed E-state index contributed by atoms with van der Waals surface area (Å²) in [6.45, 7) is 1.62. The van der Waals surface area contributed by atoms with E-state index in [0.717, 1.165) is 25.9 Å². The number of halogens is 1. The molecule has 1 aromatic rings. The number of piperidine rings is 1. The second kappa shape index (κ2) is 6.10. The summed E-state index contributed by atoms with van der Waals surface area (Å²) in [6, 6.07) is 6.16. The van der Waals surface area contributed by atoms with Crippen molar-refractivity contribution in [1.29, 1.82) is 5.26 Å². The van der Waals surface area contributed by atoms with Gasteiger partial charge in [-0.05, 0) is 44.1 Å². The van der Waals surface area contributed by atoms with Crippen molar-refractivity contribution >= 4 is 21.6 Å². The lowest BCUT2D eigenvalue weighted by atomic mass is 10.1. The maximum Gasteiger partial charge on any atom is 0.244 e. The van der Waals surface area contributed by atoms with E-state index in [0.29, 0.717) is 5.56 Å². The second-order valence-corrected chi connectivity index (χ2v) is 7.13. The van der Waals surface area contributed by atoms with Crippen LogP contribution in [-0.2, 0) is 10.0 Å². The van der Waals surface area contributed by atoms with Crippen LogP contribution in [0.2, 0.25) is 5.02 Å². The van der Waals surface area contributed by atoms with Crippen LogP contribution in [0.3, 0.4) is 0 Å². The third kappa shape index (κ3) is 2.96. The molecule has 7 heteroatoms. The van der Waals surface area contributed by atoms with Gasteiger partial charge >= 0.3 is 0 Å². The third-order valence-corrected chi connectivity index (χ3v) is 5.93. The molecule has 0 unspecified atom stereocenters. The van der Waals surface area contributed by atoms with Gasteiger partial charge in [-0.1, -0.05) is 11.6 Å². The molecule has 1 aliphatic rings. The molecule has 1 aliphatic heterocycles. The van der Waals surface area contributed by atoms with E-state index >= 15 is 0 Å². The summed E-state index contributed by atoms with van der Waals surface area (Å²) in [4.78, 5) is 0.0548. The predicted octanol–water partition coefficient (Wildman–Crippen LogP) is 1.58. The second-order valence-electron chi connectivity index (χ2n) is 4.76. The monoisotopic (exact) mass is 313 g/mol. The number of rotatable bonds is 3. The molecule has 0 saturated carbocycles. The zero-order valence-electron chi connectivity index (χ0n) is 11.1. The smallest absolute Gasteiger partial charge is 0.244 e. The number of nitrogens with one attached hydrogen (secondary N) is 1. The minimum absolute atomic E-state index is 0.0204. The van der Waals surface area contributed by atoms with Gasteiger partial charge < -0.3 is 5.32 Å². The van der Waals surface area contributed by atoms with Crippen molar-refractivity contribution in [2.75, 3.05) is 20.1 Å². The van der Waals surface area contributed by atoms with Gasteiger partial charge in [-0.2, -0.15) is 9.57 Å². The van der Waals surface area contributed by atoms with E-state index in [9.17, 15) is 8.42 Å². The van der Waals surface area contributed by atoms with E-state index in [-0.39, 0.29) is 16.0 Å². The van der Waals surface area contributed by atoms with Gasteiger partial charge in [0.25, 0.3) is 0 Å². The van der Waals surface area contributed by atoms with E-state index in [1.165, 1.54) is 22.5 Å². The van der Waals surface area contributed by atoms with Gasteiger partial charge in [0.1, 0.15) is 4.90 Å². The van der Waals surface area contributed by atoms with Gasteiger partial charge in [0.15, 0.2) is 0 Å². The maximum absolute atomic E-state index is 12.6. The fourth-order valence-electron chi connectivity index (χ4n) is 2.30. The van der Waals surface area contributed by atoms with Gasteiger partial charge in [-0.15, -0.1) is 0 Å². The first kappa shape index (κ1) is 15.3. The highest BCUT2D eigenvalue weighted by atomic mass is 35.5. The van der Waals surface area contributed by atoms with Crippen LogP contribution >= 0.6 is 11.6 Å². The van der Waals surface area contributed by atoms with Crippen molar-refractivity contribution in [3.8, 4) is 6.07 Å². The third-order valence-electron chi connectivity index (χ3n) is 3.54. The van der Waals surface area contributed by atoms with Crippen molar-refractivity contribution in [2.45, 2.75) is 23.8 Å². The van der Waals surface area contributed by atoms with Crippen LogP contribution in [0.1, 0.15) is 18.4 Å². The van der Waals surface area contributed by atoms with E-state index in [1.807, 2.05) is 6.07 Å². The average molecular weight is 314 g/mol. The van der Waals surface area contributed by atoms with Crippen LogP contribution in [0.15, 0.2) is 23.1 Å². The number of nitrogens with zero attached hydrogens (tertiary/aromatic N) is 2. The van der Waals surface area contributed by atoms with Gasteiger partial charge in [0.05, 0.1) is 16.7 Å². The molecule has 0 bridgehead atoms. The van der Waals surface area contributed by atoms with E-state index in [2.05, 4.69) is 5.32 Å². The molecule has 1 saturated heterocycles. The highest BCUT2D eigenvalue weighted by Crippen LogP contribution is 2.27. The summed E-state index contributed by atoms with van der Waals surface area (Å²) >= 11 is 6.01. The standard InChI is InChI=1S/C13H16ClN3O2S/c1-17(11-4-6-16-7-5-11)20(18,19)13-3-2-10(9-15)8-12(13)14/h2-3,8,11,16H,4-7H2,1H3. The van der Waals surface area contributed by atoms with E-state index in [1.54, 1.807) is 7.05 Å². The van der Waals surface area contributed by atoms with Gasteiger partial charge in [-0.3, -0.25) is 0 Å². The molecule has 1 heterocycles. The molecule has 1 fully saturated rings. The summed E-state index contributed by atoms with van der Waals surface area (Å²) in [5.74, 6) is 0. The molecule has 0 aliphatic carbocycles. The average Bonchev–Trinajstić information content (AvgIpc) is 2.46. The molecule has 1 N–H and O–H groups in total. The first-order valence-electron chi connectivity index (χ1n) is 6.35. The van der Waals surface area contributed by atoms with Crippen molar-refractivity contribution < 1.29 is 8.42 Å². The quantitative estimate of drug-likeness (QED) is 0.919. The van der Waals surface area contributed by atoms with Gasteiger partial charge in [-0.25, -0.2) is 8.42 Å². The van der Waals surface area contributed by atoms with E-state index in [4.69, 9.17) is 16.9 Å². The number of sulfonamides is 1. The molecule has 1 aromatic carbocycles. The Morgan fingerprint density at radius 3 is 2.60 bits per heavy atom. The molecule has 0 atom stereocenters. The normalized spacial score (nSPS) is 17.1. The molecule has 0 spiro atoms. The van der Waals surface area contributed by atoms with Crippen molar-refractivity contribution in [2.24, 2.45) is 0 Å². The highest BCUT2D eigenvalue weighted by molar-refractivity contribution is 7.89. The Morgan fingerprint density at radius 2 is 2.05 bits per heavy atom. The Kier molecular flexibility index (Phi) is 4.66. The number of hydrogen-bond donors (Lipinski definition) is 1.